The van der Waals surface area contributed by atoms with Crippen LogP contribution in [0.4, 0.5) is 0 Å². The molecule has 2 aliphatic rings. The molecule has 25 heavy (non-hydrogen) atoms. The molecule has 3 heterocycles. The van der Waals surface area contributed by atoms with Crippen LogP contribution in [0.25, 0.3) is 0 Å². The molecule has 0 radical (unpaired) electrons. The van der Waals surface area contributed by atoms with Crippen LogP contribution < -0.4 is 10.6 Å². The van der Waals surface area contributed by atoms with E-state index in [1.165, 1.54) is 18.7 Å². The van der Waals surface area contributed by atoms with Gasteiger partial charge in [0.05, 0.1) is 12.2 Å². The van der Waals surface area contributed by atoms with Gasteiger partial charge in [-0.15, -0.1) is 0 Å². The smallest absolute Gasteiger partial charge is 0.191 e. The number of nitrogens with zero attached hydrogens (tertiary/aromatic N) is 4. The Hall–Kier alpha value is -1.56. The number of hydrogen-bond acceptors (Lipinski definition) is 3. The van der Waals surface area contributed by atoms with Crippen LogP contribution in [-0.2, 0) is 19.5 Å². The molecular formula is C19H34N6. The summed E-state index contributed by atoms with van der Waals surface area (Å²) >= 11 is 0. The molecule has 1 fully saturated rings. The lowest BCUT2D eigenvalue weighted by atomic mass is 10.1. The van der Waals surface area contributed by atoms with E-state index in [-0.39, 0.29) is 0 Å². The Bertz CT molecular complexity index is 567. The van der Waals surface area contributed by atoms with E-state index in [0.29, 0.717) is 24.5 Å². The maximum absolute atomic E-state index is 4.80. The Balaban J connectivity index is 1.62. The molecule has 0 aliphatic carbocycles. The van der Waals surface area contributed by atoms with Crippen molar-refractivity contribution in [3.63, 3.8) is 0 Å². The molecule has 2 N–H and O–H groups in total. The highest BCUT2D eigenvalue weighted by Gasteiger charge is 2.31. The number of rotatable bonds is 5. The van der Waals surface area contributed by atoms with Crippen LogP contribution >= 0.6 is 0 Å². The molecule has 6 heteroatoms. The summed E-state index contributed by atoms with van der Waals surface area (Å²) in [6.07, 6.45) is 5.81. The van der Waals surface area contributed by atoms with Crippen LogP contribution in [0.3, 0.4) is 0 Å². The van der Waals surface area contributed by atoms with Crippen molar-refractivity contribution in [3.05, 3.63) is 17.7 Å². The molecule has 2 atom stereocenters. The Kier molecular flexibility index (Phi) is 5.99. The second kappa shape index (κ2) is 8.21. The molecule has 0 aromatic carbocycles. The topological polar surface area (TPSA) is 57.5 Å². The number of likely N-dealkylation sites (tertiary alicyclic amines) is 1. The minimum atomic E-state index is 0.454. The normalized spacial score (nSPS) is 24.6. The standard InChI is InChI=1S/C19H34N6/c1-5-20-19(23-17-13-25(14(2)3)11-15(17)4)21-10-16-12-24-9-7-6-8-18(24)22-16/h12,14-15,17H,5-11,13H2,1-4H3,(H2,20,21,23). The zero-order valence-corrected chi connectivity index (χ0v) is 16.3. The molecule has 140 valence electrons. The third kappa shape index (κ3) is 4.54. The molecule has 2 unspecified atom stereocenters. The predicted molar refractivity (Wildman–Crippen MR) is 103 cm³/mol. The first-order valence-corrected chi connectivity index (χ1v) is 9.90. The lowest BCUT2D eigenvalue weighted by Gasteiger charge is -2.21. The first kappa shape index (κ1) is 18.2. The fourth-order valence-corrected chi connectivity index (χ4v) is 3.82. The summed E-state index contributed by atoms with van der Waals surface area (Å²) < 4.78 is 2.30. The summed E-state index contributed by atoms with van der Waals surface area (Å²) in [5.41, 5.74) is 1.08. The van der Waals surface area contributed by atoms with Gasteiger partial charge in [-0.2, -0.15) is 0 Å². The number of aromatic nitrogens is 2. The zero-order valence-electron chi connectivity index (χ0n) is 16.3. The van der Waals surface area contributed by atoms with Crippen molar-refractivity contribution in [2.75, 3.05) is 19.6 Å². The second-order valence-corrected chi connectivity index (χ2v) is 7.77. The lowest BCUT2D eigenvalue weighted by Crippen LogP contribution is -2.46. The highest BCUT2D eigenvalue weighted by molar-refractivity contribution is 5.80. The maximum atomic E-state index is 4.80. The van der Waals surface area contributed by atoms with Gasteiger partial charge in [-0.1, -0.05) is 6.92 Å². The van der Waals surface area contributed by atoms with Gasteiger partial charge in [0.25, 0.3) is 0 Å². The van der Waals surface area contributed by atoms with Gasteiger partial charge in [-0.3, -0.25) is 4.90 Å². The van der Waals surface area contributed by atoms with E-state index in [4.69, 9.17) is 9.98 Å². The van der Waals surface area contributed by atoms with Crippen LogP contribution in [0.2, 0.25) is 0 Å². The minimum Gasteiger partial charge on any atom is -0.357 e. The molecule has 0 bridgehead atoms. The molecular weight excluding hydrogens is 312 g/mol. The van der Waals surface area contributed by atoms with Crippen molar-refractivity contribution in [3.8, 4) is 0 Å². The van der Waals surface area contributed by atoms with Crippen molar-refractivity contribution in [1.29, 1.82) is 0 Å². The second-order valence-electron chi connectivity index (χ2n) is 7.77. The fourth-order valence-electron chi connectivity index (χ4n) is 3.82. The first-order valence-electron chi connectivity index (χ1n) is 9.90. The van der Waals surface area contributed by atoms with Crippen molar-refractivity contribution >= 4 is 5.96 Å². The molecule has 6 nitrogen and oxygen atoms in total. The average Bonchev–Trinajstić information content (AvgIpc) is 3.16. The van der Waals surface area contributed by atoms with Crippen LogP contribution in [0.15, 0.2) is 11.2 Å². The van der Waals surface area contributed by atoms with Crippen molar-refractivity contribution in [2.45, 2.75) is 72.1 Å². The van der Waals surface area contributed by atoms with Crippen LogP contribution in [0, 0.1) is 5.92 Å². The largest absolute Gasteiger partial charge is 0.357 e. The van der Waals surface area contributed by atoms with Gasteiger partial charge in [0.2, 0.25) is 0 Å². The van der Waals surface area contributed by atoms with Gasteiger partial charge in [-0.05, 0) is 39.5 Å². The number of aliphatic imine (C=N–C) groups is 1. The summed E-state index contributed by atoms with van der Waals surface area (Å²) in [7, 11) is 0. The molecule has 3 rings (SSSR count). The maximum Gasteiger partial charge on any atom is 0.191 e. The van der Waals surface area contributed by atoms with E-state index in [2.05, 4.69) is 54.0 Å². The first-order chi connectivity index (χ1) is 12.1. The van der Waals surface area contributed by atoms with Crippen molar-refractivity contribution in [1.82, 2.24) is 25.1 Å². The summed E-state index contributed by atoms with van der Waals surface area (Å²) in [6.45, 7) is 13.9. The monoisotopic (exact) mass is 346 g/mol. The summed E-state index contributed by atoms with van der Waals surface area (Å²) in [5.74, 6) is 2.77. The Labute approximate surface area is 152 Å². The Morgan fingerprint density at radius 1 is 1.36 bits per heavy atom. The number of hydrogen-bond donors (Lipinski definition) is 2. The third-order valence-corrected chi connectivity index (χ3v) is 5.39. The zero-order chi connectivity index (χ0) is 17.8. The van der Waals surface area contributed by atoms with Crippen LogP contribution in [-0.4, -0.2) is 52.1 Å². The number of fused-ring (bicyclic) bond motifs is 1. The summed E-state index contributed by atoms with van der Waals surface area (Å²) in [4.78, 5) is 12.1. The molecule has 1 aromatic rings. The van der Waals surface area contributed by atoms with E-state index >= 15 is 0 Å². The number of guanidine groups is 1. The minimum absolute atomic E-state index is 0.454. The summed E-state index contributed by atoms with van der Waals surface area (Å²) in [6, 6.07) is 1.06. The molecule has 0 saturated carbocycles. The van der Waals surface area contributed by atoms with Crippen LogP contribution in [0.1, 0.15) is 52.1 Å². The quantitative estimate of drug-likeness (QED) is 0.632. The van der Waals surface area contributed by atoms with E-state index in [1.807, 2.05) is 0 Å². The van der Waals surface area contributed by atoms with Gasteiger partial charge in [-0.25, -0.2) is 9.98 Å². The van der Waals surface area contributed by atoms with E-state index in [1.54, 1.807) is 0 Å². The van der Waals surface area contributed by atoms with Crippen LogP contribution in [0.5, 0.6) is 0 Å². The fraction of sp³-hybridized carbons (Fsp3) is 0.789. The summed E-state index contributed by atoms with van der Waals surface area (Å²) in [5, 5.41) is 7.04. The number of aryl methyl sites for hydroxylation is 2. The van der Waals surface area contributed by atoms with Gasteiger partial charge in [0, 0.05) is 50.9 Å². The van der Waals surface area contributed by atoms with Gasteiger partial charge in [0.15, 0.2) is 5.96 Å². The van der Waals surface area contributed by atoms with E-state index < -0.39 is 0 Å². The third-order valence-electron chi connectivity index (χ3n) is 5.39. The van der Waals surface area contributed by atoms with E-state index in [9.17, 15) is 0 Å². The Morgan fingerprint density at radius 3 is 2.88 bits per heavy atom. The van der Waals surface area contributed by atoms with Gasteiger partial charge < -0.3 is 15.2 Å². The predicted octanol–water partition coefficient (Wildman–Crippen LogP) is 2.00. The average molecular weight is 347 g/mol. The molecule has 0 spiro atoms. The van der Waals surface area contributed by atoms with Gasteiger partial charge in [0.1, 0.15) is 5.82 Å². The highest BCUT2D eigenvalue weighted by atomic mass is 15.3. The highest BCUT2D eigenvalue weighted by Crippen LogP contribution is 2.19. The SMILES string of the molecule is CCNC(=NCc1cn2c(n1)CCCC2)NC1CN(C(C)C)CC1C. The molecule has 1 saturated heterocycles. The van der Waals surface area contributed by atoms with Crippen molar-refractivity contribution in [2.24, 2.45) is 10.9 Å². The number of nitrogens with one attached hydrogen (secondary N) is 2. The molecule has 0 amide bonds. The van der Waals surface area contributed by atoms with E-state index in [0.717, 1.165) is 44.3 Å². The molecule has 1 aromatic heterocycles. The van der Waals surface area contributed by atoms with Crippen molar-refractivity contribution < 1.29 is 0 Å². The lowest BCUT2D eigenvalue weighted by molar-refractivity contribution is 0.265. The Morgan fingerprint density at radius 2 is 2.20 bits per heavy atom. The van der Waals surface area contributed by atoms with Gasteiger partial charge >= 0.3 is 0 Å². The molecule has 2 aliphatic heterocycles. The number of imidazole rings is 1.